The van der Waals surface area contributed by atoms with E-state index >= 15 is 0 Å². The lowest BCUT2D eigenvalue weighted by Gasteiger charge is -2.22. The van der Waals surface area contributed by atoms with Crippen LogP contribution in [0, 0.1) is 5.92 Å². The Morgan fingerprint density at radius 1 is 1.32 bits per heavy atom. The molecule has 1 saturated heterocycles. The van der Waals surface area contributed by atoms with Crippen LogP contribution < -0.4 is 0 Å². The molecule has 1 aliphatic rings. The Labute approximate surface area is 131 Å². The van der Waals surface area contributed by atoms with Gasteiger partial charge in [0.15, 0.2) is 5.82 Å². The van der Waals surface area contributed by atoms with Crippen molar-refractivity contribution in [2.45, 2.75) is 26.4 Å². The zero-order valence-corrected chi connectivity index (χ0v) is 13.1. The van der Waals surface area contributed by atoms with Crippen molar-refractivity contribution >= 4 is 0 Å². The third kappa shape index (κ3) is 3.90. The maximum atomic E-state index is 5.47. The SMILES string of the molecule is CCN(Cc1nnnn1Cc1ccccc1)C[C@H]1CCOC1. The van der Waals surface area contributed by atoms with Crippen LogP contribution in [0.2, 0.25) is 0 Å². The average molecular weight is 301 g/mol. The van der Waals surface area contributed by atoms with Crippen LogP contribution in [-0.4, -0.2) is 51.4 Å². The third-order valence-corrected chi connectivity index (χ3v) is 4.13. The number of hydrogen-bond donors (Lipinski definition) is 0. The van der Waals surface area contributed by atoms with Gasteiger partial charge < -0.3 is 4.74 Å². The average Bonchev–Trinajstić information content (AvgIpc) is 3.20. The van der Waals surface area contributed by atoms with Crippen molar-refractivity contribution in [1.82, 2.24) is 25.1 Å². The summed E-state index contributed by atoms with van der Waals surface area (Å²) in [5.74, 6) is 1.56. The predicted octanol–water partition coefficient (Wildman–Crippen LogP) is 1.58. The maximum Gasteiger partial charge on any atom is 0.165 e. The monoisotopic (exact) mass is 301 g/mol. The maximum absolute atomic E-state index is 5.47. The number of nitrogens with zero attached hydrogens (tertiary/aromatic N) is 5. The standard InChI is InChI=1S/C16H23N5O/c1-2-20(10-15-8-9-22-13-15)12-16-17-18-19-21(16)11-14-6-4-3-5-7-14/h3-7,15H,2,8-13H2,1H3/t15-/m1/s1. The number of ether oxygens (including phenoxy) is 1. The number of aromatic nitrogens is 4. The van der Waals surface area contributed by atoms with Crippen LogP contribution in [0.3, 0.4) is 0 Å². The van der Waals surface area contributed by atoms with Crippen molar-refractivity contribution in [2.75, 3.05) is 26.3 Å². The van der Waals surface area contributed by atoms with Crippen molar-refractivity contribution in [3.8, 4) is 0 Å². The summed E-state index contributed by atoms with van der Waals surface area (Å²) in [7, 11) is 0. The van der Waals surface area contributed by atoms with Crippen molar-refractivity contribution in [3.05, 3.63) is 41.7 Å². The molecule has 0 amide bonds. The summed E-state index contributed by atoms with van der Waals surface area (Å²) in [6.07, 6.45) is 1.16. The zero-order chi connectivity index (χ0) is 15.2. The van der Waals surface area contributed by atoms with Crippen molar-refractivity contribution in [1.29, 1.82) is 0 Å². The van der Waals surface area contributed by atoms with Gasteiger partial charge in [0.1, 0.15) is 0 Å². The van der Waals surface area contributed by atoms with Gasteiger partial charge in [-0.15, -0.1) is 5.10 Å². The molecule has 6 heteroatoms. The molecule has 3 rings (SSSR count). The van der Waals surface area contributed by atoms with E-state index in [1.54, 1.807) is 0 Å². The van der Waals surface area contributed by atoms with Crippen LogP contribution in [0.5, 0.6) is 0 Å². The molecule has 22 heavy (non-hydrogen) atoms. The molecule has 0 bridgehead atoms. The number of benzene rings is 1. The van der Waals surface area contributed by atoms with Gasteiger partial charge >= 0.3 is 0 Å². The molecular weight excluding hydrogens is 278 g/mol. The highest BCUT2D eigenvalue weighted by atomic mass is 16.5. The lowest BCUT2D eigenvalue weighted by Crippen LogP contribution is -2.30. The van der Waals surface area contributed by atoms with E-state index in [9.17, 15) is 0 Å². The number of tetrazole rings is 1. The fourth-order valence-electron chi connectivity index (χ4n) is 2.81. The first-order valence-electron chi connectivity index (χ1n) is 7.94. The fraction of sp³-hybridized carbons (Fsp3) is 0.562. The van der Waals surface area contributed by atoms with Gasteiger partial charge in [-0.1, -0.05) is 37.3 Å². The summed E-state index contributed by atoms with van der Waals surface area (Å²) < 4.78 is 7.36. The van der Waals surface area contributed by atoms with Crippen LogP contribution in [0.25, 0.3) is 0 Å². The van der Waals surface area contributed by atoms with Gasteiger partial charge in [0, 0.05) is 13.2 Å². The Kier molecular flexibility index (Phi) is 5.13. The van der Waals surface area contributed by atoms with Gasteiger partial charge in [-0.3, -0.25) is 4.90 Å². The van der Waals surface area contributed by atoms with Gasteiger partial charge in [0.2, 0.25) is 0 Å². The predicted molar refractivity (Wildman–Crippen MR) is 83.2 cm³/mol. The molecule has 6 nitrogen and oxygen atoms in total. The summed E-state index contributed by atoms with van der Waals surface area (Å²) in [5.41, 5.74) is 1.21. The van der Waals surface area contributed by atoms with Gasteiger partial charge in [-0.05, 0) is 34.9 Å². The van der Waals surface area contributed by atoms with E-state index in [2.05, 4.69) is 39.5 Å². The van der Waals surface area contributed by atoms with E-state index in [4.69, 9.17) is 4.74 Å². The van der Waals surface area contributed by atoms with Gasteiger partial charge in [-0.2, -0.15) is 0 Å². The molecule has 1 atom stereocenters. The Bertz CT molecular complexity index is 565. The quantitative estimate of drug-likeness (QED) is 0.777. The first-order chi connectivity index (χ1) is 10.8. The van der Waals surface area contributed by atoms with Crippen molar-refractivity contribution < 1.29 is 4.74 Å². The minimum absolute atomic E-state index is 0.637. The molecule has 0 spiro atoms. The lowest BCUT2D eigenvalue weighted by atomic mass is 10.1. The largest absolute Gasteiger partial charge is 0.381 e. The molecule has 0 radical (unpaired) electrons. The molecule has 1 aliphatic heterocycles. The van der Waals surface area contributed by atoms with E-state index in [1.807, 2.05) is 22.9 Å². The van der Waals surface area contributed by atoms with E-state index in [-0.39, 0.29) is 0 Å². The Hall–Kier alpha value is -1.79. The molecule has 0 aliphatic carbocycles. The van der Waals surface area contributed by atoms with E-state index in [0.29, 0.717) is 12.5 Å². The third-order valence-electron chi connectivity index (χ3n) is 4.13. The van der Waals surface area contributed by atoms with Crippen molar-refractivity contribution in [3.63, 3.8) is 0 Å². The van der Waals surface area contributed by atoms with Crippen LogP contribution in [0.1, 0.15) is 24.7 Å². The highest BCUT2D eigenvalue weighted by Gasteiger charge is 2.20. The summed E-state index contributed by atoms with van der Waals surface area (Å²) in [4.78, 5) is 2.40. The molecule has 2 aromatic rings. The van der Waals surface area contributed by atoms with E-state index < -0.39 is 0 Å². The summed E-state index contributed by atoms with van der Waals surface area (Å²) in [6.45, 7) is 7.50. The first kappa shape index (κ1) is 15.1. The summed E-state index contributed by atoms with van der Waals surface area (Å²) in [6, 6.07) is 10.3. The van der Waals surface area contributed by atoms with E-state index in [0.717, 1.165) is 45.1 Å². The Morgan fingerprint density at radius 2 is 2.18 bits per heavy atom. The Balaban J connectivity index is 1.63. The molecule has 1 aromatic heterocycles. The second kappa shape index (κ2) is 7.47. The van der Waals surface area contributed by atoms with Crippen LogP contribution in [0.15, 0.2) is 30.3 Å². The molecule has 0 unspecified atom stereocenters. The highest BCUT2D eigenvalue weighted by Crippen LogP contribution is 2.15. The topological polar surface area (TPSA) is 56.1 Å². The molecular formula is C16H23N5O. The van der Waals surface area contributed by atoms with Crippen molar-refractivity contribution in [2.24, 2.45) is 5.92 Å². The molecule has 0 saturated carbocycles. The molecule has 0 N–H and O–H groups in total. The van der Waals surface area contributed by atoms with Gasteiger partial charge in [-0.25, -0.2) is 4.68 Å². The number of rotatable bonds is 7. The smallest absolute Gasteiger partial charge is 0.165 e. The van der Waals surface area contributed by atoms with Crippen LogP contribution >= 0.6 is 0 Å². The zero-order valence-electron chi connectivity index (χ0n) is 13.1. The van der Waals surface area contributed by atoms with E-state index in [1.165, 1.54) is 5.56 Å². The first-order valence-corrected chi connectivity index (χ1v) is 7.94. The van der Waals surface area contributed by atoms with Crippen LogP contribution in [0.4, 0.5) is 0 Å². The number of hydrogen-bond acceptors (Lipinski definition) is 5. The molecule has 118 valence electrons. The lowest BCUT2D eigenvalue weighted by molar-refractivity contribution is 0.165. The second-order valence-corrected chi connectivity index (χ2v) is 5.80. The molecule has 1 aromatic carbocycles. The fourth-order valence-corrected chi connectivity index (χ4v) is 2.81. The normalized spacial score (nSPS) is 18.2. The second-order valence-electron chi connectivity index (χ2n) is 5.80. The summed E-state index contributed by atoms with van der Waals surface area (Å²) >= 11 is 0. The Morgan fingerprint density at radius 3 is 2.91 bits per heavy atom. The molecule has 2 heterocycles. The van der Waals surface area contributed by atoms with Gasteiger partial charge in [0.05, 0.1) is 19.7 Å². The van der Waals surface area contributed by atoms with Crippen LogP contribution in [-0.2, 0) is 17.8 Å². The highest BCUT2D eigenvalue weighted by molar-refractivity contribution is 5.14. The molecule has 1 fully saturated rings. The minimum Gasteiger partial charge on any atom is -0.381 e. The summed E-state index contributed by atoms with van der Waals surface area (Å²) in [5, 5.41) is 12.2. The minimum atomic E-state index is 0.637. The van der Waals surface area contributed by atoms with Gasteiger partial charge in [0.25, 0.3) is 0 Å².